The average Bonchev–Trinajstić information content (AvgIpc) is 2.36. The number of hydrogen-bond donors (Lipinski definition) is 2. The third kappa shape index (κ3) is 1.22. The van der Waals surface area contributed by atoms with Gasteiger partial charge in [0, 0.05) is 0 Å². The zero-order valence-electron chi connectivity index (χ0n) is 5.13. The zero-order valence-corrected chi connectivity index (χ0v) is 5.94. The van der Waals surface area contributed by atoms with E-state index in [0.717, 1.165) is 0 Å². The van der Waals surface area contributed by atoms with Gasteiger partial charge in [-0.1, -0.05) is 6.07 Å². The first-order chi connectivity index (χ1) is 4.72. The first-order valence-electron chi connectivity index (χ1n) is 2.64. The minimum Gasteiger partial charge on any atom is -0.381 e. The van der Waals surface area contributed by atoms with Gasteiger partial charge in [0.2, 0.25) is 5.78 Å². The smallest absolute Gasteiger partial charge is 0.236 e. The molecule has 0 aliphatic rings. The monoisotopic (exact) mass is 154 g/mol. The van der Waals surface area contributed by atoms with Crippen molar-refractivity contribution in [2.45, 2.75) is 0 Å². The van der Waals surface area contributed by atoms with Crippen LogP contribution in [-0.4, -0.2) is 11.6 Å². The van der Waals surface area contributed by atoms with E-state index >= 15 is 0 Å². The highest BCUT2D eigenvalue weighted by atomic mass is 32.1. The van der Waals surface area contributed by atoms with Crippen molar-refractivity contribution >= 4 is 23.0 Å². The van der Waals surface area contributed by atoms with E-state index in [0.29, 0.717) is 4.88 Å². The molecule has 0 aliphatic carbocycles. The molecule has 1 aromatic rings. The third-order valence-corrected chi connectivity index (χ3v) is 1.86. The maximum Gasteiger partial charge on any atom is 0.236 e. The number of Topliss-reactive ketones (excluding diaryl/α,β-unsaturated/α-hetero) is 1. The largest absolute Gasteiger partial charge is 0.381 e. The van der Waals surface area contributed by atoms with Gasteiger partial charge in [-0.15, -0.1) is 11.3 Å². The van der Waals surface area contributed by atoms with E-state index in [1.54, 1.807) is 17.5 Å². The number of ketones is 1. The summed E-state index contributed by atoms with van der Waals surface area (Å²) in [7, 11) is 0. The van der Waals surface area contributed by atoms with Gasteiger partial charge in [0.25, 0.3) is 0 Å². The molecule has 0 spiro atoms. The number of carbonyl (C=O) groups excluding carboxylic acids is 1. The molecule has 0 aromatic carbocycles. The molecule has 0 unspecified atom stereocenters. The van der Waals surface area contributed by atoms with Gasteiger partial charge in [-0.2, -0.15) is 0 Å². The summed E-state index contributed by atoms with van der Waals surface area (Å²) in [6, 6.07) is 3.40. The molecule has 3 N–H and O–H groups in total. The highest BCUT2D eigenvalue weighted by Crippen LogP contribution is 2.08. The fourth-order valence-electron chi connectivity index (χ4n) is 0.540. The van der Waals surface area contributed by atoms with E-state index in [1.165, 1.54) is 11.3 Å². The summed E-state index contributed by atoms with van der Waals surface area (Å²) in [6.07, 6.45) is 0. The number of amidine groups is 1. The van der Waals surface area contributed by atoms with Gasteiger partial charge >= 0.3 is 0 Å². The summed E-state index contributed by atoms with van der Waals surface area (Å²) in [6.45, 7) is 0. The number of thiophene rings is 1. The minimum absolute atomic E-state index is 0.394. The Kier molecular flexibility index (Phi) is 1.82. The van der Waals surface area contributed by atoms with Crippen LogP contribution in [0.5, 0.6) is 0 Å². The van der Waals surface area contributed by atoms with Crippen LogP contribution >= 0.6 is 11.3 Å². The second kappa shape index (κ2) is 2.62. The molecule has 52 valence electrons. The molecule has 0 saturated carbocycles. The lowest BCUT2D eigenvalue weighted by atomic mass is 10.3. The first-order valence-corrected chi connectivity index (χ1v) is 3.52. The second-order valence-electron chi connectivity index (χ2n) is 1.72. The van der Waals surface area contributed by atoms with Crippen LogP contribution in [0.2, 0.25) is 0 Å². The Hall–Kier alpha value is -1.16. The van der Waals surface area contributed by atoms with E-state index in [1.807, 2.05) is 0 Å². The Morgan fingerprint density at radius 1 is 1.70 bits per heavy atom. The Morgan fingerprint density at radius 2 is 2.40 bits per heavy atom. The minimum atomic E-state index is -0.401. The maximum absolute atomic E-state index is 10.9. The van der Waals surface area contributed by atoms with Crippen LogP contribution < -0.4 is 5.73 Å². The molecular formula is C6H6N2OS. The third-order valence-electron chi connectivity index (χ3n) is 0.990. The zero-order chi connectivity index (χ0) is 7.56. The highest BCUT2D eigenvalue weighted by Gasteiger charge is 2.08. The van der Waals surface area contributed by atoms with Crippen LogP contribution in [0.4, 0.5) is 0 Å². The van der Waals surface area contributed by atoms with E-state index < -0.39 is 11.6 Å². The van der Waals surface area contributed by atoms with E-state index in [9.17, 15) is 4.79 Å². The normalized spacial score (nSPS) is 9.20. The summed E-state index contributed by atoms with van der Waals surface area (Å²) in [5, 5.41) is 8.59. The SMILES string of the molecule is N=C(N)C(=O)c1cccs1. The van der Waals surface area contributed by atoms with Crippen molar-refractivity contribution in [3.05, 3.63) is 22.4 Å². The van der Waals surface area contributed by atoms with Gasteiger partial charge in [0.05, 0.1) is 4.88 Å². The summed E-state index contributed by atoms with van der Waals surface area (Å²) in [4.78, 5) is 11.4. The lowest BCUT2D eigenvalue weighted by Crippen LogP contribution is -2.21. The van der Waals surface area contributed by atoms with Crippen molar-refractivity contribution in [3.8, 4) is 0 Å². The summed E-state index contributed by atoms with van der Waals surface area (Å²) in [5.74, 6) is -0.794. The molecule has 0 fully saturated rings. The van der Waals surface area contributed by atoms with Gasteiger partial charge in [-0.05, 0) is 11.4 Å². The molecule has 10 heavy (non-hydrogen) atoms. The van der Waals surface area contributed by atoms with Crippen LogP contribution in [0.15, 0.2) is 17.5 Å². The van der Waals surface area contributed by atoms with E-state index in [4.69, 9.17) is 11.1 Å². The van der Waals surface area contributed by atoms with Crippen LogP contribution in [0.25, 0.3) is 0 Å². The van der Waals surface area contributed by atoms with Crippen molar-refractivity contribution in [1.29, 1.82) is 5.41 Å². The maximum atomic E-state index is 10.9. The number of nitrogens with one attached hydrogen (secondary N) is 1. The van der Waals surface area contributed by atoms with Gasteiger partial charge in [0.15, 0.2) is 5.84 Å². The number of rotatable bonds is 2. The molecule has 0 amide bonds. The molecule has 0 bridgehead atoms. The molecule has 0 atom stereocenters. The van der Waals surface area contributed by atoms with Crippen molar-refractivity contribution in [1.82, 2.24) is 0 Å². The molecule has 1 aromatic heterocycles. The molecular weight excluding hydrogens is 148 g/mol. The van der Waals surface area contributed by atoms with Crippen LogP contribution in [0, 0.1) is 5.41 Å². The standard InChI is InChI=1S/C6H6N2OS/c7-6(8)5(9)4-2-1-3-10-4/h1-3H,(H3,7,8). The quantitative estimate of drug-likeness (QED) is 0.377. The molecule has 1 rings (SSSR count). The molecule has 0 aliphatic heterocycles. The highest BCUT2D eigenvalue weighted by molar-refractivity contribution is 7.13. The topological polar surface area (TPSA) is 66.9 Å². The van der Waals surface area contributed by atoms with E-state index in [2.05, 4.69) is 0 Å². The van der Waals surface area contributed by atoms with Gasteiger partial charge in [-0.3, -0.25) is 10.2 Å². The molecule has 0 saturated heterocycles. The van der Waals surface area contributed by atoms with E-state index in [-0.39, 0.29) is 0 Å². The Morgan fingerprint density at radius 3 is 2.80 bits per heavy atom. The van der Waals surface area contributed by atoms with Gasteiger partial charge in [0.1, 0.15) is 0 Å². The fourth-order valence-corrected chi connectivity index (χ4v) is 1.22. The fraction of sp³-hybridized carbons (Fsp3) is 0. The summed E-state index contributed by atoms with van der Waals surface area (Å²) in [5.41, 5.74) is 4.97. The lowest BCUT2D eigenvalue weighted by molar-refractivity contribution is 0.106. The van der Waals surface area contributed by atoms with Crippen molar-refractivity contribution in [3.63, 3.8) is 0 Å². The number of carbonyl (C=O) groups is 1. The predicted octanol–water partition coefficient (Wildman–Crippen LogP) is 0.867. The molecule has 4 heteroatoms. The molecule has 1 heterocycles. The van der Waals surface area contributed by atoms with Crippen molar-refractivity contribution < 1.29 is 4.79 Å². The van der Waals surface area contributed by atoms with Gasteiger partial charge in [-0.25, -0.2) is 0 Å². The molecule has 0 radical (unpaired) electrons. The van der Waals surface area contributed by atoms with Crippen LogP contribution in [0.3, 0.4) is 0 Å². The Bertz CT molecular complexity index is 253. The summed E-state index contributed by atoms with van der Waals surface area (Å²) >= 11 is 1.29. The summed E-state index contributed by atoms with van der Waals surface area (Å²) < 4.78 is 0. The average molecular weight is 154 g/mol. The molecule has 3 nitrogen and oxygen atoms in total. The van der Waals surface area contributed by atoms with Crippen LogP contribution in [0.1, 0.15) is 9.67 Å². The lowest BCUT2D eigenvalue weighted by Gasteiger charge is -1.89. The van der Waals surface area contributed by atoms with Gasteiger partial charge < -0.3 is 5.73 Å². The van der Waals surface area contributed by atoms with Crippen molar-refractivity contribution in [2.75, 3.05) is 0 Å². The predicted molar refractivity (Wildman–Crippen MR) is 40.6 cm³/mol. The Balaban J connectivity index is 2.88. The Labute approximate surface area is 62.0 Å². The van der Waals surface area contributed by atoms with Crippen LogP contribution in [-0.2, 0) is 0 Å². The number of nitrogens with two attached hydrogens (primary N) is 1. The number of hydrogen-bond acceptors (Lipinski definition) is 3. The first kappa shape index (κ1) is 6.95. The van der Waals surface area contributed by atoms with Crippen molar-refractivity contribution in [2.24, 2.45) is 5.73 Å². The second-order valence-corrected chi connectivity index (χ2v) is 2.67.